The molecule has 0 atom stereocenters. The van der Waals surface area contributed by atoms with Gasteiger partial charge in [-0.25, -0.2) is 13.2 Å². The van der Waals surface area contributed by atoms with E-state index in [0.717, 1.165) is 17.2 Å². The van der Waals surface area contributed by atoms with Crippen molar-refractivity contribution in [1.29, 1.82) is 0 Å². The van der Waals surface area contributed by atoms with E-state index in [0.29, 0.717) is 25.4 Å². The number of benzene rings is 3. The van der Waals surface area contributed by atoms with Crippen LogP contribution in [0.3, 0.4) is 0 Å². The predicted octanol–water partition coefficient (Wildman–Crippen LogP) is 5.36. The first kappa shape index (κ1) is 21.4. The van der Waals surface area contributed by atoms with E-state index in [-0.39, 0.29) is 22.9 Å². The van der Waals surface area contributed by atoms with Gasteiger partial charge in [0.2, 0.25) is 0 Å². The molecule has 0 unspecified atom stereocenters. The van der Waals surface area contributed by atoms with Gasteiger partial charge in [-0.1, -0.05) is 24.0 Å². The summed E-state index contributed by atoms with van der Waals surface area (Å²) in [6.45, 7) is 1.47. The van der Waals surface area contributed by atoms with Gasteiger partial charge in [0.05, 0.1) is 18.8 Å². The average molecular weight is 426 g/mol. The van der Waals surface area contributed by atoms with Crippen molar-refractivity contribution in [3.05, 3.63) is 82.7 Å². The molecule has 0 spiro atoms. The average Bonchev–Trinajstić information content (AvgIpc) is 2.77. The molecule has 1 aliphatic rings. The highest BCUT2D eigenvalue weighted by atomic mass is 19.1. The van der Waals surface area contributed by atoms with Crippen molar-refractivity contribution in [3.63, 3.8) is 0 Å². The van der Waals surface area contributed by atoms with E-state index in [2.05, 4.69) is 11.8 Å². The van der Waals surface area contributed by atoms with Gasteiger partial charge in [-0.2, -0.15) is 0 Å². The monoisotopic (exact) mass is 426 g/mol. The molecular weight excluding hydrogens is 405 g/mol. The minimum absolute atomic E-state index is 0.189. The molecule has 1 fully saturated rings. The van der Waals surface area contributed by atoms with E-state index in [4.69, 9.17) is 14.2 Å². The second-order valence-electron chi connectivity index (χ2n) is 7.46. The second-order valence-corrected chi connectivity index (χ2v) is 7.46. The zero-order valence-corrected chi connectivity index (χ0v) is 17.0. The highest BCUT2D eigenvalue weighted by molar-refractivity contribution is 5.84. The van der Waals surface area contributed by atoms with Crippen molar-refractivity contribution in [1.82, 2.24) is 0 Å². The van der Waals surface area contributed by atoms with Gasteiger partial charge in [-0.15, -0.1) is 0 Å². The maximum Gasteiger partial charge on any atom is 0.184 e. The van der Waals surface area contributed by atoms with Crippen LogP contribution in [-0.2, 0) is 14.2 Å². The van der Waals surface area contributed by atoms with Gasteiger partial charge in [-0.05, 0) is 53.6 Å². The molecule has 0 N–H and O–H groups in total. The minimum Gasteiger partial charge on any atom is -0.385 e. The Balaban J connectivity index is 1.50. The van der Waals surface area contributed by atoms with Gasteiger partial charge in [0, 0.05) is 30.8 Å². The fourth-order valence-electron chi connectivity index (χ4n) is 3.46. The van der Waals surface area contributed by atoms with Crippen molar-refractivity contribution >= 4 is 10.8 Å². The van der Waals surface area contributed by atoms with E-state index < -0.39 is 17.9 Å². The molecule has 1 saturated heterocycles. The third-order valence-corrected chi connectivity index (χ3v) is 5.17. The lowest BCUT2D eigenvalue weighted by atomic mass is 10.1. The molecule has 1 heterocycles. The van der Waals surface area contributed by atoms with Crippen LogP contribution in [0.5, 0.6) is 0 Å². The van der Waals surface area contributed by atoms with Gasteiger partial charge in [-0.3, -0.25) is 0 Å². The SMILES string of the molecule is COCCC1COC(c2cc(F)c(C#Cc3ccc4cc(F)ccc4c3)c(F)c2)OC1. The largest absolute Gasteiger partial charge is 0.385 e. The molecule has 3 aromatic carbocycles. The minimum atomic E-state index is -0.814. The molecule has 0 saturated carbocycles. The van der Waals surface area contributed by atoms with Gasteiger partial charge >= 0.3 is 0 Å². The number of halogens is 3. The standard InChI is InChI=1S/C25H21F3O3/c1-29-9-8-17-14-30-25(31-15-17)20-12-23(27)22(24(28)13-20)7-3-16-2-4-19-11-21(26)6-5-18(19)10-16/h2,4-6,10-13,17,25H,8-9,14-15H2,1H3. The Morgan fingerprint density at radius 2 is 1.58 bits per heavy atom. The molecule has 3 aromatic rings. The summed E-state index contributed by atoms with van der Waals surface area (Å²) in [6.07, 6.45) is -0.0184. The summed E-state index contributed by atoms with van der Waals surface area (Å²) < 4.78 is 58.8. The maximum atomic E-state index is 14.6. The number of hydrogen-bond donors (Lipinski definition) is 0. The Morgan fingerprint density at radius 3 is 2.29 bits per heavy atom. The molecule has 3 nitrogen and oxygen atoms in total. The summed E-state index contributed by atoms with van der Waals surface area (Å²) in [5, 5.41) is 1.52. The zero-order valence-electron chi connectivity index (χ0n) is 17.0. The van der Waals surface area contributed by atoms with Crippen molar-refractivity contribution in [2.75, 3.05) is 26.9 Å². The van der Waals surface area contributed by atoms with Gasteiger partial charge in [0.25, 0.3) is 0 Å². The van der Waals surface area contributed by atoms with E-state index in [1.807, 2.05) is 0 Å². The molecule has 0 radical (unpaired) electrons. The number of methoxy groups -OCH3 is 1. The first-order valence-corrected chi connectivity index (χ1v) is 9.96. The summed E-state index contributed by atoms with van der Waals surface area (Å²) >= 11 is 0. The van der Waals surface area contributed by atoms with Crippen LogP contribution in [-0.4, -0.2) is 26.9 Å². The lowest BCUT2D eigenvalue weighted by molar-refractivity contribution is -0.207. The van der Waals surface area contributed by atoms with Crippen molar-refractivity contribution < 1.29 is 27.4 Å². The van der Waals surface area contributed by atoms with Crippen molar-refractivity contribution in [3.8, 4) is 11.8 Å². The van der Waals surface area contributed by atoms with Crippen molar-refractivity contribution in [2.45, 2.75) is 12.7 Å². The first-order valence-electron chi connectivity index (χ1n) is 9.96. The maximum absolute atomic E-state index is 14.6. The number of fused-ring (bicyclic) bond motifs is 1. The van der Waals surface area contributed by atoms with Crippen LogP contribution in [0.4, 0.5) is 13.2 Å². The molecule has 0 bridgehead atoms. The first-order chi connectivity index (χ1) is 15.0. The summed E-state index contributed by atoms with van der Waals surface area (Å²) in [5.74, 6) is 3.65. The predicted molar refractivity (Wildman–Crippen MR) is 111 cm³/mol. The molecule has 31 heavy (non-hydrogen) atoms. The smallest absolute Gasteiger partial charge is 0.184 e. The van der Waals surface area contributed by atoms with Crippen LogP contribution in [0.1, 0.15) is 29.4 Å². The van der Waals surface area contributed by atoms with Crippen LogP contribution >= 0.6 is 0 Å². The van der Waals surface area contributed by atoms with E-state index in [1.54, 1.807) is 31.4 Å². The van der Waals surface area contributed by atoms with Gasteiger partial charge in [0.15, 0.2) is 6.29 Å². The van der Waals surface area contributed by atoms with Crippen LogP contribution < -0.4 is 0 Å². The molecule has 160 valence electrons. The van der Waals surface area contributed by atoms with Crippen molar-refractivity contribution in [2.24, 2.45) is 5.92 Å². The Kier molecular flexibility index (Phi) is 6.57. The van der Waals surface area contributed by atoms with Crippen LogP contribution in [0.2, 0.25) is 0 Å². The number of hydrogen-bond acceptors (Lipinski definition) is 3. The summed E-state index contributed by atoms with van der Waals surface area (Å²) in [5.41, 5.74) is 0.526. The number of ether oxygens (including phenoxy) is 3. The molecule has 0 aliphatic carbocycles. The van der Waals surface area contributed by atoms with Crippen LogP contribution in [0.25, 0.3) is 10.8 Å². The third kappa shape index (κ3) is 5.08. The molecule has 4 rings (SSSR count). The lowest BCUT2D eigenvalue weighted by Gasteiger charge is -2.29. The Morgan fingerprint density at radius 1 is 0.903 bits per heavy atom. The highest BCUT2D eigenvalue weighted by Crippen LogP contribution is 2.28. The zero-order chi connectivity index (χ0) is 21.8. The normalized spacial score (nSPS) is 18.6. The lowest BCUT2D eigenvalue weighted by Crippen LogP contribution is -2.28. The van der Waals surface area contributed by atoms with Gasteiger partial charge < -0.3 is 14.2 Å². The topological polar surface area (TPSA) is 27.7 Å². The summed E-state index contributed by atoms with van der Waals surface area (Å²) in [4.78, 5) is 0. The molecule has 6 heteroatoms. The molecule has 0 aromatic heterocycles. The van der Waals surface area contributed by atoms with E-state index in [1.165, 1.54) is 24.3 Å². The molecule has 0 amide bonds. The summed E-state index contributed by atoms with van der Waals surface area (Å²) in [7, 11) is 1.63. The van der Waals surface area contributed by atoms with Crippen LogP contribution in [0, 0.1) is 35.2 Å². The fraction of sp³-hybridized carbons (Fsp3) is 0.280. The Hall–Kier alpha value is -2.85. The van der Waals surface area contributed by atoms with E-state index >= 15 is 0 Å². The second kappa shape index (κ2) is 9.52. The van der Waals surface area contributed by atoms with Crippen LogP contribution in [0.15, 0.2) is 48.5 Å². The van der Waals surface area contributed by atoms with Gasteiger partial charge in [0.1, 0.15) is 17.5 Å². The van der Waals surface area contributed by atoms with E-state index in [9.17, 15) is 13.2 Å². The highest BCUT2D eigenvalue weighted by Gasteiger charge is 2.25. The Bertz CT molecular complexity index is 1120. The summed E-state index contributed by atoms with van der Waals surface area (Å²) in [6, 6.07) is 11.9. The third-order valence-electron chi connectivity index (χ3n) is 5.17. The number of rotatable bonds is 4. The molecular formula is C25H21F3O3. The Labute approximate surface area is 178 Å². The quantitative estimate of drug-likeness (QED) is 0.526. The fourth-order valence-corrected chi connectivity index (χ4v) is 3.46. The molecule has 1 aliphatic heterocycles.